The second-order valence-corrected chi connectivity index (χ2v) is 6.31. The van der Waals surface area contributed by atoms with Crippen LogP contribution in [-0.4, -0.2) is 54.1 Å². The number of nitrogens with one attached hydrogen (secondary N) is 1. The Bertz CT molecular complexity index is 512. The van der Waals surface area contributed by atoms with Gasteiger partial charge in [0.15, 0.2) is 5.78 Å². The number of benzene rings is 1. The molecule has 2 N–H and O–H groups in total. The third kappa shape index (κ3) is 3.37. The van der Waals surface area contributed by atoms with Crippen LogP contribution in [0.4, 0.5) is 4.39 Å². The maximum absolute atomic E-state index is 12.9. The van der Waals surface area contributed by atoms with Gasteiger partial charge in [0.1, 0.15) is 5.82 Å². The van der Waals surface area contributed by atoms with Gasteiger partial charge in [-0.15, -0.1) is 0 Å². The van der Waals surface area contributed by atoms with Crippen molar-refractivity contribution in [3.63, 3.8) is 0 Å². The van der Waals surface area contributed by atoms with Crippen LogP contribution < -0.4 is 5.32 Å². The molecule has 120 valence electrons. The Morgan fingerprint density at radius 1 is 1.18 bits per heavy atom. The van der Waals surface area contributed by atoms with E-state index in [4.69, 9.17) is 0 Å². The van der Waals surface area contributed by atoms with E-state index >= 15 is 0 Å². The van der Waals surface area contributed by atoms with Gasteiger partial charge in [-0.05, 0) is 63.2 Å². The van der Waals surface area contributed by atoms with Crippen molar-refractivity contribution in [1.82, 2.24) is 10.2 Å². The van der Waals surface area contributed by atoms with Crippen LogP contribution in [0.3, 0.4) is 0 Å². The van der Waals surface area contributed by atoms with E-state index in [2.05, 4.69) is 10.2 Å². The number of hydrogen-bond acceptors (Lipinski definition) is 4. The number of nitrogens with zero attached hydrogens (tertiary/aromatic N) is 1. The first kappa shape index (κ1) is 15.6. The Balaban J connectivity index is 1.57. The number of rotatable bonds is 3. The molecule has 5 heteroatoms. The lowest BCUT2D eigenvalue weighted by atomic mass is 9.87. The van der Waals surface area contributed by atoms with Gasteiger partial charge >= 0.3 is 0 Å². The minimum atomic E-state index is -0.321. The molecule has 0 spiro atoms. The molecule has 0 radical (unpaired) electrons. The van der Waals surface area contributed by atoms with Gasteiger partial charge in [0.05, 0.1) is 6.10 Å². The highest BCUT2D eigenvalue weighted by atomic mass is 19.1. The van der Waals surface area contributed by atoms with E-state index in [1.54, 1.807) is 12.1 Å². The number of piperidine rings is 2. The van der Waals surface area contributed by atoms with Crippen LogP contribution in [0.25, 0.3) is 0 Å². The van der Waals surface area contributed by atoms with E-state index in [-0.39, 0.29) is 29.7 Å². The molecule has 2 fully saturated rings. The third-order valence-corrected chi connectivity index (χ3v) is 4.91. The Kier molecular flexibility index (Phi) is 4.86. The maximum Gasteiger partial charge on any atom is 0.166 e. The molecule has 22 heavy (non-hydrogen) atoms. The van der Waals surface area contributed by atoms with Crippen molar-refractivity contribution in [2.45, 2.75) is 31.4 Å². The molecular formula is C17H23FN2O2. The first-order valence-electron chi connectivity index (χ1n) is 8.08. The molecule has 4 nitrogen and oxygen atoms in total. The zero-order chi connectivity index (χ0) is 15.5. The molecule has 2 unspecified atom stereocenters. The van der Waals surface area contributed by atoms with Gasteiger partial charge < -0.3 is 10.4 Å². The van der Waals surface area contributed by atoms with Crippen LogP contribution in [0.15, 0.2) is 24.3 Å². The van der Waals surface area contributed by atoms with Gasteiger partial charge in [0, 0.05) is 24.1 Å². The zero-order valence-corrected chi connectivity index (χ0v) is 12.7. The van der Waals surface area contributed by atoms with Crippen molar-refractivity contribution < 1.29 is 14.3 Å². The van der Waals surface area contributed by atoms with Crippen LogP contribution in [-0.2, 0) is 0 Å². The van der Waals surface area contributed by atoms with E-state index in [1.165, 1.54) is 12.1 Å². The van der Waals surface area contributed by atoms with Gasteiger partial charge in [-0.1, -0.05) is 0 Å². The summed E-state index contributed by atoms with van der Waals surface area (Å²) in [4.78, 5) is 14.8. The Labute approximate surface area is 130 Å². The Morgan fingerprint density at radius 3 is 2.50 bits per heavy atom. The molecule has 2 aliphatic heterocycles. The molecule has 2 aliphatic rings. The number of aliphatic hydroxyl groups excluding tert-OH is 1. The average molecular weight is 306 g/mol. The fourth-order valence-corrected chi connectivity index (χ4v) is 3.60. The molecule has 1 aromatic rings. The fraction of sp³-hybridized carbons (Fsp3) is 0.588. The molecule has 2 heterocycles. The van der Waals surface area contributed by atoms with E-state index < -0.39 is 0 Å². The summed E-state index contributed by atoms with van der Waals surface area (Å²) in [5.41, 5.74) is 0.599. The van der Waals surface area contributed by atoms with E-state index in [1.807, 2.05) is 0 Å². The molecule has 0 aromatic heterocycles. The van der Waals surface area contributed by atoms with E-state index in [0.717, 1.165) is 38.9 Å². The smallest absolute Gasteiger partial charge is 0.166 e. The number of Topliss-reactive ketones (excluding diaryl/α,β-unsaturated/α-hetero) is 1. The molecular weight excluding hydrogens is 283 g/mol. The lowest BCUT2D eigenvalue weighted by molar-refractivity contribution is 0.0127. The molecule has 0 aliphatic carbocycles. The average Bonchev–Trinajstić information content (AvgIpc) is 2.56. The van der Waals surface area contributed by atoms with Crippen LogP contribution in [0.5, 0.6) is 0 Å². The second kappa shape index (κ2) is 6.86. The monoisotopic (exact) mass is 306 g/mol. The van der Waals surface area contributed by atoms with Crippen molar-refractivity contribution in [2.24, 2.45) is 5.92 Å². The number of likely N-dealkylation sites (tertiary alicyclic amines) is 1. The summed E-state index contributed by atoms with van der Waals surface area (Å²) in [7, 11) is 0. The third-order valence-electron chi connectivity index (χ3n) is 4.91. The molecule has 0 saturated carbocycles. The minimum absolute atomic E-state index is 0.0144. The van der Waals surface area contributed by atoms with Crippen molar-refractivity contribution in [3.8, 4) is 0 Å². The standard InChI is InChI=1S/C17H23FN2O2/c18-14-3-1-12(2-4-14)17(22)13-6-9-20(10-7-13)15-5-8-19-11-16(15)21/h1-4,13,15-16,19,21H,5-11H2. The number of hydrogen-bond donors (Lipinski definition) is 2. The number of carbonyl (C=O) groups excluding carboxylic acids is 1. The highest BCUT2D eigenvalue weighted by Crippen LogP contribution is 2.25. The summed E-state index contributed by atoms with van der Waals surface area (Å²) in [5, 5.41) is 13.3. The quantitative estimate of drug-likeness (QED) is 0.830. The number of aliphatic hydroxyl groups is 1. The Hall–Kier alpha value is -1.30. The van der Waals surface area contributed by atoms with Crippen molar-refractivity contribution in [3.05, 3.63) is 35.6 Å². The summed E-state index contributed by atoms with van der Waals surface area (Å²) in [6.07, 6.45) is 2.26. The molecule has 1 aromatic carbocycles. The molecule has 2 saturated heterocycles. The number of ketones is 1. The molecule has 3 rings (SSSR count). The SMILES string of the molecule is O=C(c1ccc(F)cc1)C1CCN(C2CCNCC2O)CC1. The summed E-state index contributed by atoms with van der Waals surface area (Å²) in [5.74, 6) is -0.183. The second-order valence-electron chi connectivity index (χ2n) is 6.31. The van der Waals surface area contributed by atoms with E-state index in [9.17, 15) is 14.3 Å². The Morgan fingerprint density at radius 2 is 1.86 bits per heavy atom. The first-order valence-corrected chi connectivity index (χ1v) is 8.08. The van der Waals surface area contributed by atoms with Gasteiger partial charge in [0.2, 0.25) is 0 Å². The molecule has 2 atom stereocenters. The molecule has 0 bridgehead atoms. The van der Waals surface area contributed by atoms with Gasteiger partial charge in [0.25, 0.3) is 0 Å². The summed E-state index contributed by atoms with van der Waals surface area (Å²) < 4.78 is 12.9. The van der Waals surface area contributed by atoms with Crippen LogP contribution >= 0.6 is 0 Å². The zero-order valence-electron chi connectivity index (χ0n) is 12.7. The summed E-state index contributed by atoms with van der Waals surface area (Å²) in [6.45, 7) is 3.29. The van der Waals surface area contributed by atoms with Gasteiger partial charge in [-0.25, -0.2) is 4.39 Å². The largest absolute Gasteiger partial charge is 0.390 e. The van der Waals surface area contributed by atoms with Crippen molar-refractivity contribution >= 4 is 5.78 Å². The van der Waals surface area contributed by atoms with Crippen LogP contribution in [0.2, 0.25) is 0 Å². The van der Waals surface area contributed by atoms with Gasteiger partial charge in [-0.3, -0.25) is 9.69 Å². The van der Waals surface area contributed by atoms with Gasteiger partial charge in [-0.2, -0.15) is 0 Å². The van der Waals surface area contributed by atoms with Crippen molar-refractivity contribution in [2.75, 3.05) is 26.2 Å². The maximum atomic E-state index is 12.9. The predicted molar refractivity (Wildman–Crippen MR) is 82.3 cm³/mol. The van der Waals surface area contributed by atoms with Crippen LogP contribution in [0, 0.1) is 11.7 Å². The lowest BCUT2D eigenvalue weighted by Gasteiger charge is -2.41. The normalized spacial score (nSPS) is 27.7. The summed E-state index contributed by atoms with van der Waals surface area (Å²) >= 11 is 0. The number of carbonyl (C=O) groups is 1. The predicted octanol–water partition coefficient (Wildman–Crippen LogP) is 1.44. The van der Waals surface area contributed by atoms with Crippen molar-refractivity contribution in [1.29, 1.82) is 0 Å². The highest BCUT2D eigenvalue weighted by Gasteiger charge is 2.33. The highest BCUT2D eigenvalue weighted by molar-refractivity contribution is 5.97. The fourth-order valence-electron chi connectivity index (χ4n) is 3.60. The van der Waals surface area contributed by atoms with E-state index in [0.29, 0.717) is 12.1 Å². The minimum Gasteiger partial charge on any atom is -0.390 e. The van der Waals surface area contributed by atoms with Crippen LogP contribution in [0.1, 0.15) is 29.6 Å². The first-order chi connectivity index (χ1) is 10.6. The number of β-amino-alcohol motifs (C(OH)–C–C–N with tert-alkyl or cyclic N) is 1. The lowest BCUT2D eigenvalue weighted by Crippen LogP contribution is -2.55. The topological polar surface area (TPSA) is 52.6 Å². The molecule has 0 amide bonds. The number of halogens is 1. The summed E-state index contributed by atoms with van der Waals surface area (Å²) in [6, 6.07) is 6.03.